The van der Waals surface area contributed by atoms with E-state index in [4.69, 9.17) is 9.47 Å². The summed E-state index contributed by atoms with van der Waals surface area (Å²) in [5.74, 6) is 0.311. The molecule has 0 fully saturated rings. The van der Waals surface area contributed by atoms with E-state index in [-0.39, 0.29) is 29.8 Å². The molecule has 0 saturated carbocycles. The summed E-state index contributed by atoms with van der Waals surface area (Å²) in [6.07, 6.45) is 1.53. The molecular weight excluding hydrogens is 312 g/mol. The molecule has 1 atom stereocenters. The number of pyridine rings is 1. The first kappa shape index (κ1) is 15.7. The number of aromatic nitrogens is 1. The molecule has 1 amide bonds. The Morgan fingerprint density at radius 3 is 2.88 bits per heavy atom. The van der Waals surface area contributed by atoms with Gasteiger partial charge < -0.3 is 24.9 Å². The number of carbonyl (C=O) groups is 1. The summed E-state index contributed by atoms with van der Waals surface area (Å²) in [7, 11) is 0. The van der Waals surface area contributed by atoms with Crippen LogP contribution in [-0.2, 0) is 0 Å². The summed E-state index contributed by atoms with van der Waals surface area (Å²) >= 11 is 0. The predicted molar refractivity (Wildman–Crippen MR) is 87.4 cm³/mol. The standard InChI is InChI=1S/C17H16N2O5/c1-3-9(2)18-16(21)11-7-12(20)15(19-17(11)22)10-4-5-13-14(6-10)24-8-23-13/h3-7,9,20H,1,8H2,2H3,(H,18,21)(H,19,22)/t9-/m0/s1. The number of nitrogens with one attached hydrogen (secondary N) is 2. The van der Waals surface area contributed by atoms with Gasteiger partial charge in [0.1, 0.15) is 11.3 Å². The minimum absolute atomic E-state index is 0.127. The van der Waals surface area contributed by atoms with Crippen LogP contribution in [0.4, 0.5) is 0 Å². The van der Waals surface area contributed by atoms with Crippen molar-refractivity contribution in [2.45, 2.75) is 13.0 Å². The molecule has 0 bridgehead atoms. The van der Waals surface area contributed by atoms with Gasteiger partial charge in [-0.15, -0.1) is 6.58 Å². The number of aromatic amines is 1. The van der Waals surface area contributed by atoms with Crippen LogP contribution in [-0.4, -0.2) is 28.8 Å². The third-order valence-corrected chi connectivity index (χ3v) is 3.64. The van der Waals surface area contributed by atoms with Gasteiger partial charge in [0.05, 0.1) is 5.69 Å². The van der Waals surface area contributed by atoms with Crippen LogP contribution >= 0.6 is 0 Å². The zero-order valence-electron chi connectivity index (χ0n) is 13.0. The Labute approximate surface area is 137 Å². The first-order valence-electron chi connectivity index (χ1n) is 7.29. The van der Waals surface area contributed by atoms with Gasteiger partial charge in [-0.3, -0.25) is 9.59 Å². The molecule has 1 aliphatic rings. The van der Waals surface area contributed by atoms with Crippen LogP contribution in [0.1, 0.15) is 17.3 Å². The lowest BCUT2D eigenvalue weighted by atomic mass is 10.1. The molecular formula is C17H16N2O5. The van der Waals surface area contributed by atoms with Gasteiger partial charge in [-0.25, -0.2) is 0 Å². The second-order valence-corrected chi connectivity index (χ2v) is 5.34. The second-order valence-electron chi connectivity index (χ2n) is 5.34. The third-order valence-electron chi connectivity index (χ3n) is 3.64. The minimum atomic E-state index is -0.603. The van der Waals surface area contributed by atoms with Crippen molar-refractivity contribution in [1.82, 2.24) is 10.3 Å². The van der Waals surface area contributed by atoms with E-state index in [2.05, 4.69) is 16.9 Å². The summed E-state index contributed by atoms with van der Waals surface area (Å²) in [6, 6.07) is 5.85. The molecule has 2 aromatic rings. The van der Waals surface area contributed by atoms with Gasteiger partial charge in [0.2, 0.25) is 6.79 Å². The van der Waals surface area contributed by atoms with Crippen LogP contribution in [0.3, 0.4) is 0 Å². The number of benzene rings is 1. The molecule has 7 nitrogen and oxygen atoms in total. The van der Waals surface area contributed by atoms with Crippen LogP contribution in [0.25, 0.3) is 11.3 Å². The summed E-state index contributed by atoms with van der Waals surface area (Å²) in [6.45, 7) is 5.41. The maximum Gasteiger partial charge on any atom is 0.261 e. The molecule has 0 unspecified atom stereocenters. The van der Waals surface area contributed by atoms with E-state index >= 15 is 0 Å². The lowest BCUT2D eigenvalue weighted by Gasteiger charge is -2.11. The van der Waals surface area contributed by atoms with E-state index in [0.29, 0.717) is 17.1 Å². The van der Waals surface area contributed by atoms with Gasteiger partial charge in [-0.2, -0.15) is 0 Å². The Bertz CT molecular complexity index is 872. The summed E-state index contributed by atoms with van der Waals surface area (Å²) < 4.78 is 10.5. The minimum Gasteiger partial charge on any atom is -0.506 e. The fourth-order valence-electron chi connectivity index (χ4n) is 2.30. The van der Waals surface area contributed by atoms with Gasteiger partial charge in [-0.05, 0) is 25.1 Å². The lowest BCUT2D eigenvalue weighted by Crippen LogP contribution is -2.34. The van der Waals surface area contributed by atoms with E-state index in [1.54, 1.807) is 25.1 Å². The van der Waals surface area contributed by atoms with Gasteiger partial charge in [0, 0.05) is 17.7 Å². The SMILES string of the molecule is C=C[C@H](C)NC(=O)c1cc(O)c(-c2ccc3c(c2)OCO3)[nH]c1=O. The molecule has 1 aromatic heterocycles. The van der Waals surface area contributed by atoms with Gasteiger partial charge >= 0.3 is 0 Å². The molecule has 0 spiro atoms. The number of hydrogen-bond donors (Lipinski definition) is 3. The van der Waals surface area contributed by atoms with E-state index in [9.17, 15) is 14.7 Å². The highest BCUT2D eigenvalue weighted by Crippen LogP contribution is 2.37. The maximum atomic E-state index is 12.2. The van der Waals surface area contributed by atoms with Crippen molar-refractivity contribution in [3.05, 3.63) is 52.8 Å². The summed E-state index contributed by atoms with van der Waals surface area (Å²) in [4.78, 5) is 26.8. The maximum absolute atomic E-state index is 12.2. The molecule has 24 heavy (non-hydrogen) atoms. The molecule has 2 heterocycles. The number of fused-ring (bicyclic) bond motifs is 1. The average Bonchev–Trinajstić information content (AvgIpc) is 3.03. The summed E-state index contributed by atoms with van der Waals surface area (Å²) in [5.41, 5.74) is -0.0354. The molecule has 1 aromatic carbocycles. The van der Waals surface area contributed by atoms with Crippen molar-refractivity contribution < 1.29 is 19.4 Å². The van der Waals surface area contributed by atoms with Crippen molar-refractivity contribution >= 4 is 5.91 Å². The Morgan fingerprint density at radius 1 is 1.38 bits per heavy atom. The molecule has 7 heteroatoms. The fraction of sp³-hybridized carbons (Fsp3) is 0.176. The van der Waals surface area contributed by atoms with Crippen LogP contribution in [0.5, 0.6) is 17.2 Å². The van der Waals surface area contributed by atoms with Crippen LogP contribution in [0.15, 0.2) is 41.7 Å². The van der Waals surface area contributed by atoms with E-state index in [0.717, 1.165) is 6.07 Å². The number of hydrogen-bond acceptors (Lipinski definition) is 5. The number of rotatable bonds is 4. The topological polar surface area (TPSA) is 101 Å². The molecule has 1 aliphatic heterocycles. The van der Waals surface area contributed by atoms with Crippen LogP contribution in [0.2, 0.25) is 0 Å². The van der Waals surface area contributed by atoms with Crippen LogP contribution < -0.4 is 20.3 Å². The third kappa shape index (κ3) is 2.83. The Hall–Kier alpha value is -3.22. The average molecular weight is 328 g/mol. The Kier molecular flexibility index (Phi) is 3.99. The molecule has 0 radical (unpaired) electrons. The highest BCUT2D eigenvalue weighted by atomic mass is 16.7. The number of aromatic hydroxyl groups is 1. The van der Waals surface area contributed by atoms with Crippen molar-refractivity contribution in [1.29, 1.82) is 0 Å². The smallest absolute Gasteiger partial charge is 0.261 e. The number of amides is 1. The van der Waals surface area contributed by atoms with Crippen molar-refractivity contribution in [2.75, 3.05) is 6.79 Å². The first-order chi connectivity index (χ1) is 11.5. The van der Waals surface area contributed by atoms with Crippen molar-refractivity contribution in [3.63, 3.8) is 0 Å². The highest BCUT2D eigenvalue weighted by molar-refractivity contribution is 5.95. The number of carbonyl (C=O) groups excluding carboxylic acids is 1. The zero-order chi connectivity index (χ0) is 17.3. The molecule has 0 saturated heterocycles. The van der Waals surface area contributed by atoms with Crippen molar-refractivity contribution in [3.8, 4) is 28.5 Å². The largest absolute Gasteiger partial charge is 0.506 e. The summed E-state index contributed by atoms with van der Waals surface area (Å²) in [5, 5.41) is 12.8. The normalized spacial score (nSPS) is 13.4. The van der Waals surface area contributed by atoms with Crippen molar-refractivity contribution in [2.24, 2.45) is 0 Å². The molecule has 124 valence electrons. The quantitative estimate of drug-likeness (QED) is 0.743. The number of ether oxygens (including phenoxy) is 2. The van der Waals surface area contributed by atoms with Gasteiger partial charge in [0.25, 0.3) is 11.5 Å². The van der Waals surface area contributed by atoms with Gasteiger partial charge in [0.15, 0.2) is 11.5 Å². The lowest BCUT2D eigenvalue weighted by molar-refractivity contribution is 0.0945. The number of H-pyrrole nitrogens is 1. The Morgan fingerprint density at radius 2 is 2.12 bits per heavy atom. The molecule has 3 rings (SSSR count). The van der Waals surface area contributed by atoms with E-state index < -0.39 is 11.5 Å². The van der Waals surface area contributed by atoms with Gasteiger partial charge in [-0.1, -0.05) is 6.08 Å². The predicted octanol–water partition coefficient (Wildman–Crippen LogP) is 1.78. The monoisotopic (exact) mass is 328 g/mol. The molecule has 0 aliphatic carbocycles. The molecule has 3 N–H and O–H groups in total. The fourth-order valence-corrected chi connectivity index (χ4v) is 2.30. The highest BCUT2D eigenvalue weighted by Gasteiger charge is 2.19. The zero-order valence-corrected chi connectivity index (χ0v) is 13.0. The van der Waals surface area contributed by atoms with E-state index in [1.165, 1.54) is 6.08 Å². The Balaban J connectivity index is 1.97. The van der Waals surface area contributed by atoms with E-state index in [1.807, 2.05) is 0 Å². The van der Waals surface area contributed by atoms with Crippen LogP contribution in [0, 0.1) is 0 Å². The second kappa shape index (κ2) is 6.11. The first-order valence-corrected chi connectivity index (χ1v) is 7.29.